The van der Waals surface area contributed by atoms with Crippen molar-refractivity contribution in [3.05, 3.63) is 37.4 Å². The maximum Gasteiger partial charge on any atom is 0.359 e. The molecule has 3 heterocycles. The number of nitrogens with two attached hydrogens (primary N) is 1. The van der Waals surface area contributed by atoms with Crippen molar-refractivity contribution in [3.8, 4) is 5.00 Å². The van der Waals surface area contributed by atoms with E-state index in [1.165, 1.54) is 11.3 Å². The molecule has 2 N–H and O–H groups in total. The second-order valence-corrected chi connectivity index (χ2v) is 8.78. The second kappa shape index (κ2) is 8.19. The molecule has 1 aliphatic rings. The Morgan fingerprint density at radius 2 is 1.87 bits per heavy atom. The Labute approximate surface area is 180 Å². The van der Waals surface area contributed by atoms with E-state index in [4.69, 9.17) is 15.2 Å². The molecule has 0 saturated heterocycles. The number of rotatable bonds is 5. The summed E-state index contributed by atoms with van der Waals surface area (Å²) in [6.07, 6.45) is 3.54. The van der Waals surface area contributed by atoms with Crippen LogP contribution in [0.5, 0.6) is 0 Å². The molecule has 4 rings (SSSR count). The topological polar surface area (TPSA) is 114 Å². The van der Waals surface area contributed by atoms with Gasteiger partial charge in [-0.2, -0.15) is 9.78 Å². The SMILES string of the molecule is CCOC(=O)c1c(-n2nc(C(=O)OCC)c3csc(N)c3c2=O)sc2c1CCCC2. The van der Waals surface area contributed by atoms with Gasteiger partial charge in [0.25, 0.3) is 5.56 Å². The van der Waals surface area contributed by atoms with E-state index >= 15 is 0 Å². The van der Waals surface area contributed by atoms with Gasteiger partial charge < -0.3 is 15.2 Å². The summed E-state index contributed by atoms with van der Waals surface area (Å²) < 4.78 is 11.5. The normalized spacial score (nSPS) is 13.3. The highest BCUT2D eigenvalue weighted by Gasteiger charge is 2.30. The van der Waals surface area contributed by atoms with Crippen molar-refractivity contribution in [2.24, 2.45) is 0 Å². The van der Waals surface area contributed by atoms with Gasteiger partial charge in [0, 0.05) is 15.6 Å². The molecule has 3 aromatic heterocycles. The minimum Gasteiger partial charge on any atom is -0.462 e. The Balaban J connectivity index is 2.02. The molecule has 0 aliphatic heterocycles. The first-order valence-corrected chi connectivity index (χ1v) is 11.5. The molecule has 0 unspecified atom stereocenters. The molecular formula is C20H21N3O5S2. The lowest BCUT2D eigenvalue weighted by atomic mass is 9.95. The molecule has 0 saturated carbocycles. The van der Waals surface area contributed by atoms with Gasteiger partial charge in [0.2, 0.25) is 0 Å². The zero-order valence-corrected chi connectivity index (χ0v) is 18.3. The summed E-state index contributed by atoms with van der Waals surface area (Å²) in [4.78, 5) is 39.7. The van der Waals surface area contributed by atoms with Crippen LogP contribution >= 0.6 is 22.7 Å². The van der Waals surface area contributed by atoms with E-state index in [9.17, 15) is 14.4 Å². The van der Waals surface area contributed by atoms with Crippen molar-refractivity contribution < 1.29 is 19.1 Å². The molecule has 0 atom stereocenters. The van der Waals surface area contributed by atoms with Gasteiger partial charge in [-0.3, -0.25) is 4.79 Å². The molecule has 8 nitrogen and oxygen atoms in total. The number of esters is 2. The molecule has 0 fully saturated rings. The minimum atomic E-state index is -0.645. The average molecular weight is 448 g/mol. The summed E-state index contributed by atoms with van der Waals surface area (Å²) in [6.45, 7) is 3.81. The van der Waals surface area contributed by atoms with Crippen LogP contribution in [0.4, 0.5) is 5.00 Å². The largest absolute Gasteiger partial charge is 0.462 e. The number of anilines is 1. The Bertz CT molecular complexity index is 1210. The number of hydrogen-bond acceptors (Lipinski definition) is 9. The van der Waals surface area contributed by atoms with Gasteiger partial charge in [-0.05, 0) is 45.1 Å². The highest BCUT2D eigenvalue weighted by atomic mass is 32.1. The number of carbonyl (C=O) groups is 2. The van der Waals surface area contributed by atoms with Gasteiger partial charge in [0.15, 0.2) is 5.69 Å². The highest BCUT2D eigenvalue weighted by molar-refractivity contribution is 7.16. The van der Waals surface area contributed by atoms with E-state index < -0.39 is 17.5 Å². The molecule has 158 valence electrons. The van der Waals surface area contributed by atoms with Crippen LogP contribution in [0.3, 0.4) is 0 Å². The maximum atomic E-state index is 13.3. The van der Waals surface area contributed by atoms with Gasteiger partial charge in [0.05, 0.1) is 29.2 Å². The fraction of sp³-hybridized carbons (Fsp3) is 0.400. The Kier molecular flexibility index (Phi) is 5.61. The molecular weight excluding hydrogens is 426 g/mol. The van der Waals surface area contributed by atoms with Crippen molar-refractivity contribution >= 4 is 50.4 Å². The molecule has 3 aromatic rings. The van der Waals surface area contributed by atoms with E-state index in [0.717, 1.165) is 52.1 Å². The monoisotopic (exact) mass is 447 g/mol. The van der Waals surface area contributed by atoms with Crippen LogP contribution in [-0.2, 0) is 22.3 Å². The first-order valence-electron chi connectivity index (χ1n) is 9.77. The third-order valence-electron chi connectivity index (χ3n) is 4.97. The Hall–Kier alpha value is -2.72. The number of fused-ring (bicyclic) bond motifs is 2. The summed E-state index contributed by atoms with van der Waals surface area (Å²) >= 11 is 2.50. The number of aromatic nitrogens is 2. The average Bonchev–Trinajstić information content (AvgIpc) is 3.30. The molecule has 0 spiro atoms. The lowest BCUT2D eigenvalue weighted by Gasteiger charge is -2.12. The molecule has 30 heavy (non-hydrogen) atoms. The predicted molar refractivity (Wildman–Crippen MR) is 116 cm³/mol. The van der Waals surface area contributed by atoms with Crippen LogP contribution in [0.2, 0.25) is 0 Å². The second-order valence-electron chi connectivity index (χ2n) is 6.79. The number of nitrogen functional groups attached to an aromatic ring is 1. The van der Waals surface area contributed by atoms with E-state index in [1.54, 1.807) is 19.2 Å². The van der Waals surface area contributed by atoms with Gasteiger partial charge in [-0.15, -0.1) is 22.7 Å². The number of nitrogens with zero attached hydrogens (tertiary/aromatic N) is 2. The summed E-state index contributed by atoms with van der Waals surface area (Å²) in [5.41, 5.74) is 6.84. The first kappa shape index (κ1) is 20.5. The minimum absolute atomic E-state index is 0.000538. The first-order chi connectivity index (χ1) is 14.5. The summed E-state index contributed by atoms with van der Waals surface area (Å²) in [7, 11) is 0. The fourth-order valence-electron chi connectivity index (χ4n) is 3.68. The molecule has 0 aromatic carbocycles. The molecule has 10 heteroatoms. The zero-order valence-electron chi connectivity index (χ0n) is 16.6. The summed E-state index contributed by atoms with van der Waals surface area (Å²) in [6, 6.07) is 0. The van der Waals surface area contributed by atoms with Crippen LogP contribution in [0.15, 0.2) is 10.2 Å². The van der Waals surface area contributed by atoms with Gasteiger partial charge in [-0.25, -0.2) is 9.59 Å². The maximum absolute atomic E-state index is 13.3. The number of hydrogen-bond donors (Lipinski definition) is 1. The van der Waals surface area contributed by atoms with Gasteiger partial charge in [0.1, 0.15) is 5.00 Å². The molecule has 1 aliphatic carbocycles. The molecule has 0 amide bonds. The van der Waals surface area contributed by atoms with Crippen LogP contribution in [-0.4, -0.2) is 34.9 Å². The lowest BCUT2D eigenvalue weighted by molar-refractivity contribution is 0.0515. The van der Waals surface area contributed by atoms with Crippen LogP contribution < -0.4 is 11.3 Å². The van der Waals surface area contributed by atoms with Crippen molar-refractivity contribution in [2.45, 2.75) is 39.5 Å². The van der Waals surface area contributed by atoms with Crippen molar-refractivity contribution in [2.75, 3.05) is 18.9 Å². The van der Waals surface area contributed by atoms with E-state index in [-0.39, 0.29) is 29.3 Å². The number of ether oxygens (including phenoxy) is 2. The highest BCUT2D eigenvalue weighted by Crippen LogP contribution is 2.37. The Morgan fingerprint density at radius 3 is 2.60 bits per heavy atom. The molecule has 0 radical (unpaired) electrons. The molecule has 0 bridgehead atoms. The third-order valence-corrected chi connectivity index (χ3v) is 7.05. The summed E-state index contributed by atoms with van der Waals surface area (Å²) in [5.74, 6) is -1.13. The standard InChI is InChI=1S/C20H21N3O5S2/c1-3-27-19(25)14-10-7-5-6-8-12(10)30-18(14)23-17(24)13-11(9-29-16(13)21)15(22-23)20(26)28-4-2/h9H,3-8,21H2,1-2H3. The fourth-order valence-corrected chi connectivity index (χ4v) is 5.79. The number of carbonyl (C=O) groups excluding carboxylic acids is 2. The van der Waals surface area contributed by atoms with Crippen LogP contribution in [0.1, 0.15) is 58.0 Å². The van der Waals surface area contributed by atoms with E-state index in [1.807, 2.05) is 0 Å². The lowest BCUT2D eigenvalue weighted by Crippen LogP contribution is -2.26. The smallest absolute Gasteiger partial charge is 0.359 e. The predicted octanol–water partition coefficient (Wildman–Crippen LogP) is 3.32. The third kappa shape index (κ3) is 3.29. The number of thiophene rings is 2. The van der Waals surface area contributed by atoms with Gasteiger partial charge >= 0.3 is 11.9 Å². The van der Waals surface area contributed by atoms with Crippen molar-refractivity contribution in [1.82, 2.24) is 9.78 Å². The van der Waals surface area contributed by atoms with E-state index in [2.05, 4.69) is 5.10 Å². The number of aryl methyl sites for hydroxylation is 1. The summed E-state index contributed by atoms with van der Waals surface area (Å²) in [5, 5.41) is 7.18. The Morgan fingerprint density at radius 1 is 1.17 bits per heavy atom. The van der Waals surface area contributed by atoms with Crippen molar-refractivity contribution in [3.63, 3.8) is 0 Å². The van der Waals surface area contributed by atoms with E-state index in [0.29, 0.717) is 16.0 Å². The van der Waals surface area contributed by atoms with Crippen molar-refractivity contribution in [1.29, 1.82) is 0 Å². The van der Waals surface area contributed by atoms with Crippen LogP contribution in [0, 0.1) is 0 Å². The zero-order chi connectivity index (χ0) is 21.4. The quantitative estimate of drug-likeness (QED) is 0.597. The van der Waals surface area contributed by atoms with Crippen LogP contribution in [0.25, 0.3) is 15.8 Å². The van der Waals surface area contributed by atoms with Gasteiger partial charge in [-0.1, -0.05) is 0 Å².